The Morgan fingerprint density at radius 1 is 1.24 bits per heavy atom. The third-order valence-electron chi connectivity index (χ3n) is 3.40. The summed E-state index contributed by atoms with van der Waals surface area (Å²) in [7, 11) is 0. The van der Waals surface area contributed by atoms with Crippen LogP contribution in [0, 0.1) is 17.0 Å². The van der Waals surface area contributed by atoms with Crippen molar-refractivity contribution in [2.24, 2.45) is 0 Å². The summed E-state index contributed by atoms with van der Waals surface area (Å²) >= 11 is 0. The van der Waals surface area contributed by atoms with Gasteiger partial charge in [-0.25, -0.2) is 0 Å². The zero-order valence-electron chi connectivity index (χ0n) is 12.7. The first-order chi connectivity index (χ1) is 11.8. The summed E-state index contributed by atoms with van der Waals surface area (Å²) in [6.45, 7) is 0.859. The second-order valence-electron chi connectivity index (χ2n) is 5.06. The second-order valence-corrected chi connectivity index (χ2v) is 5.06. The maximum Gasteiger partial charge on any atom is 0.442 e. The molecule has 0 aliphatic heterocycles. The molecule has 0 amide bonds. The fourth-order valence-corrected chi connectivity index (χ4v) is 2.24. The maximum absolute atomic E-state index is 12.9. The van der Waals surface area contributed by atoms with Crippen LogP contribution < -0.4 is 0 Å². The molecule has 0 saturated heterocycles. The zero-order chi connectivity index (χ0) is 18.2. The van der Waals surface area contributed by atoms with Crippen molar-refractivity contribution in [3.8, 4) is 11.5 Å². The van der Waals surface area contributed by atoms with E-state index >= 15 is 0 Å². The number of halogens is 3. The Morgan fingerprint density at radius 3 is 2.48 bits per heavy atom. The number of alkyl halides is 3. The minimum atomic E-state index is -4.94. The molecule has 3 rings (SSSR count). The Hall–Kier alpha value is -3.24. The first-order valence-electron chi connectivity index (χ1n) is 6.94. The van der Waals surface area contributed by atoms with Gasteiger partial charge < -0.3 is 4.42 Å². The average Bonchev–Trinajstić information content (AvgIpc) is 3.14. The van der Waals surface area contributed by atoms with Crippen LogP contribution in [0.5, 0.6) is 0 Å². The average molecular weight is 353 g/mol. The lowest BCUT2D eigenvalue weighted by molar-refractivity contribution is -0.388. The van der Waals surface area contributed by atoms with Crippen LogP contribution in [-0.4, -0.2) is 24.9 Å². The van der Waals surface area contributed by atoms with Crippen molar-refractivity contribution in [3.63, 3.8) is 0 Å². The predicted octanol–water partition coefficient (Wildman–Crippen LogP) is 3.22. The number of hydrogen-bond acceptors (Lipinski definition) is 6. The van der Waals surface area contributed by atoms with Gasteiger partial charge in [0, 0.05) is 5.56 Å². The van der Waals surface area contributed by atoms with E-state index in [9.17, 15) is 23.3 Å². The summed E-state index contributed by atoms with van der Waals surface area (Å²) < 4.78 is 45.0. The van der Waals surface area contributed by atoms with Crippen LogP contribution in [0.2, 0.25) is 0 Å². The molecule has 0 N–H and O–H groups in total. The molecular weight excluding hydrogens is 343 g/mol. The lowest BCUT2D eigenvalue weighted by Crippen LogP contribution is -2.10. The number of nitrogens with zero attached hydrogens (tertiary/aromatic N) is 5. The molecule has 130 valence electrons. The Labute approximate surface area is 138 Å². The van der Waals surface area contributed by atoms with Crippen molar-refractivity contribution in [2.45, 2.75) is 19.6 Å². The highest BCUT2D eigenvalue weighted by molar-refractivity contribution is 5.51. The van der Waals surface area contributed by atoms with Gasteiger partial charge in [-0.2, -0.15) is 18.3 Å². The van der Waals surface area contributed by atoms with E-state index in [1.165, 1.54) is 6.92 Å². The van der Waals surface area contributed by atoms with Gasteiger partial charge in [-0.1, -0.05) is 18.2 Å². The van der Waals surface area contributed by atoms with Gasteiger partial charge in [0.05, 0.1) is 4.92 Å². The van der Waals surface area contributed by atoms with Crippen molar-refractivity contribution >= 4 is 5.69 Å². The molecule has 0 atom stereocenters. The van der Waals surface area contributed by atoms with E-state index in [0.717, 1.165) is 4.68 Å². The highest BCUT2D eigenvalue weighted by Gasteiger charge is 2.44. The van der Waals surface area contributed by atoms with E-state index in [2.05, 4.69) is 15.3 Å². The largest absolute Gasteiger partial charge is 0.442 e. The van der Waals surface area contributed by atoms with Gasteiger partial charge in [0.2, 0.25) is 17.5 Å². The Balaban J connectivity index is 1.94. The van der Waals surface area contributed by atoms with Crippen molar-refractivity contribution in [3.05, 3.63) is 57.7 Å². The molecule has 0 aliphatic carbocycles. The van der Waals surface area contributed by atoms with Crippen LogP contribution in [0.25, 0.3) is 11.5 Å². The van der Waals surface area contributed by atoms with Crippen LogP contribution in [0.3, 0.4) is 0 Å². The van der Waals surface area contributed by atoms with E-state index < -0.39 is 22.5 Å². The Morgan fingerprint density at radius 2 is 1.92 bits per heavy atom. The molecule has 0 radical (unpaired) electrons. The quantitative estimate of drug-likeness (QED) is 0.527. The van der Waals surface area contributed by atoms with E-state index in [0.29, 0.717) is 5.56 Å². The molecule has 2 aromatic heterocycles. The molecule has 0 unspecified atom stereocenters. The Kier molecular flexibility index (Phi) is 3.99. The lowest BCUT2D eigenvalue weighted by Gasteiger charge is -2.00. The first kappa shape index (κ1) is 16.6. The highest BCUT2D eigenvalue weighted by atomic mass is 19.4. The third kappa shape index (κ3) is 3.20. The van der Waals surface area contributed by atoms with Gasteiger partial charge in [0.1, 0.15) is 12.2 Å². The van der Waals surface area contributed by atoms with Crippen LogP contribution in [0.1, 0.15) is 17.3 Å². The van der Waals surface area contributed by atoms with E-state index in [-0.39, 0.29) is 24.0 Å². The van der Waals surface area contributed by atoms with E-state index in [1.54, 1.807) is 30.3 Å². The lowest BCUT2D eigenvalue weighted by atomic mass is 10.2. The molecule has 0 saturated carbocycles. The SMILES string of the molecule is Cc1c([N+](=O)[O-])c(C(F)(F)F)nn1Cc1nnc(-c2ccccc2)o1. The minimum absolute atomic E-state index is 0.0203. The fraction of sp³-hybridized carbons (Fsp3) is 0.214. The Bertz CT molecular complexity index is 918. The van der Waals surface area contributed by atoms with Gasteiger partial charge in [-0.15, -0.1) is 10.2 Å². The topological polar surface area (TPSA) is 99.9 Å². The number of aromatic nitrogens is 4. The smallest absolute Gasteiger partial charge is 0.419 e. The van der Waals surface area contributed by atoms with E-state index in [1.807, 2.05) is 0 Å². The van der Waals surface area contributed by atoms with Gasteiger partial charge in [-0.05, 0) is 19.1 Å². The molecule has 3 aromatic rings. The van der Waals surface area contributed by atoms with Crippen LogP contribution in [0.4, 0.5) is 18.9 Å². The van der Waals surface area contributed by atoms with Gasteiger partial charge in [0.15, 0.2) is 0 Å². The van der Waals surface area contributed by atoms with Crippen LogP contribution >= 0.6 is 0 Å². The maximum atomic E-state index is 12.9. The van der Waals surface area contributed by atoms with Crippen LogP contribution in [0.15, 0.2) is 34.7 Å². The van der Waals surface area contributed by atoms with E-state index in [4.69, 9.17) is 4.42 Å². The molecule has 0 aliphatic rings. The van der Waals surface area contributed by atoms with Crippen molar-refractivity contribution in [2.75, 3.05) is 0 Å². The minimum Gasteiger partial charge on any atom is -0.419 e. The molecule has 1 aromatic carbocycles. The first-order valence-corrected chi connectivity index (χ1v) is 6.94. The second kappa shape index (κ2) is 6.00. The fourth-order valence-electron chi connectivity index (χ4n) is 2.24. The zero-order valence-corrected chi connectivity index (χ0v) is 12.7. The van der Waals surface area contributed by atoms with Gasteiger partial charge in [0.25, 0.3) is 0 Å². The van der Waals surface area contributed by atoms with Gasteiger partial charge >= 0.3 is 11.9 Å². The summed E-state index contributed by atoms with van der Waals surface area (Å²) in [5.41, 5.74) is -2.26. The number of hydrogen-bond donors (Lipinski definition) is 0. The molecule has 11 heteroatoms. The summed E-state index contributed by atoms with van der Waals surface area (Å²) in [6.07, 6.45) is -4.94. The highest BCUT2D eigenvalue weighted by Crippen LogP contribution is 2.37. The molecule has 8 nitrogen and oxygen atoms in total. The third-order valence-corrected chi connectivity index (χ3v) is 3.40. The monoisotopic (exact) mass is 353 g/mol. The van der Waals surface area contributed by atoms with Crippen LogP contribution in [-0.2, 0) is 12.7 Å². The number of nitro groups is 1. The molecule has 2 heterocycles. The molecule has 0 bridgehead atoms. The molecule has 25 heavy (non-hydrogen) atoms. The molecule has 0 fully saturated rings. The summed E-state index contributed by atoms with van der Waals surface area (Å²) in [5, 5.41) is 21.8. The summed E-state index contributed by atoms with van der Waals surface area (Å²) in [5.74, 6) is 0.166. The summed E-state index contributed by atoms with van der Waals surface area (Å²) in [6, 6.07) is 8.77. The number of benzene rings is 1. The van der Waals surface area contributed by atoms with Crippen molar-refractivity contribution < 1.29 is 22.5 Å². The normalized spacial score (nSPS) is 11.7. The van der Waals surface area contributed by atoms with Crippen molar-refractivity contribution in [1.82, 2.24) is 20.0 Å². The van der Waals surface area contributed by atoms with Gasteiger partial charge in [-0.3, -0.25) is 14.8 Å². The number of rotatable bonds is 4. The van der Waals surface area contributed by atoms with Crippen molar-refractivity contribution in [1.29, 1.82) is 0 Å². The predicted molar refractivity (Wildman–Crippen MR) is 77.5 cm³/mol. The summed E-state index contributed by atoms with van der Waals surface area (Å²) in [4.78, 5) is 9.84. The standard InChI is InChI=1S/C14H10F3N5O3/c1-8-11(22(23)24)12(14(15,16)17)20-21(8)7-10-18-19-13(25-10)9-5-3-2-4-6-9/h2-6H,7H2,1H3. The molecular formula is C14H10F3N5O3. The molecule has 0 spiro atoms.